The smallest absolute Gasteiger partial charge is 0.231 e. The Labute approximate surface area is 118 Å². The summed E-state index contributed by atoms with van der Waals surface area (Å²) in [6.07, 6.45) is 3.42. The summed E-state index contributed by atoms with van der Waals surface area (Å²) in [5.41, 5.74) is 6.82. The minimum absolute atomic E-state index is 0.0115. The van der Waals surface area contributed by atoms with Crippen molar-refractivity contribution < 1.29 is 14.3 Å². The molecule has 2 aliphatic rings. The number of carbonyl (C=O) groups is 1. The Kier molecular flexibility index (Phi) is 3.30. The van der Waals surface area contributed by atoms with E-state index in [-0.39, 0.29) is 24.3 Å². The van der Waals surface area contributed by atoms with Gasteiger partial charge in [0.15, 0.2) is 11.5 Å². The standard InChI is InChI=1S/C15H20N2O3/c1-10(17-14(18)8-15(16)5-2-6-15)11-3-4-12-13(7-11)20-9-19-12/h3-4,7,10H,2,5-6,8-9,16H2,1H3,(H,17,18). The highest BCUT2D eigenvalue weighted by Crippen LogP contribution is 2.35. The zero-order chi connectivity index (χ0) is 14.2. The zero-order valence-corrected chi connectivity index (χ0v) is 11.6. The molecule has 0 spiro atoms. The lowest BCUT2D eigenvalue weighted by atomic mass is 9.75. The molecule has 0 aromatic heterocycles. The van der Waals surface area contributed by atoms with Gasteiger partial charge in [0.05, 0.1) is 6.04 Å². The molecule has 1 fully saturated rings. The van der Waals surface area contributed by atoms with Gasteiger partial charge in [-0.15, -0.1) is 0 Å². The lowest BCUT2D eigenvalue weighted by Gasteiger charge is -2.37. The number of fused-ring (bicyclic) bond motifs is 1. The van der Waals surface area contributed by atoms with Crippen molar-refractivity contribution in [2.45, 2.75) is 44.2 Å². The van der Waals surface area contributed by atoms with E-state index in [9.17, 15) is 4.79 Å². The van der Waals surface area contributed by atoms with Gasteiger partial charge in [-0.2, -0.15) is 0 Å². The highest BCUT2D eigenvalue weighted by Gasteiger charge is 2.34. The number of rotatable bonds is 4. The number of hydrogen-bond donors (Lipinski definition) is 2. The van der Waals surface area contributed by atoms with Crippen molar-refractivity contribution in [3.8, 4) is 11.5 Å². The van der Waals surface area contributed by atoms with E-state index in [2.05, 4.69) is 5.32 Å². The second kappa shape index (κ2) is 4.98. The predicted molar refractivity (Wildman–Crippen MR) is 74.5 cm³/mol. The van der Waals surface area contributed by atoms with Crippen molar-refractivity contribution in [3.05, 3.63) is 23.8 Å². The number of amides is 1. The molecule has 1 saturated carbocycles. The number of ether oxygens (including phenoxy) is 2. The summed E-state index contributed by atoms with van der Waals surface area (Å²) in [7, 11) is 0. The van der Waals surface area contributed by atoms with Gasteiger partial charge in [0.25, 0.3) is 0 Å². The van der Waals surface area contributed by atoms with Crippen LogP contribution in [-0.4, -0.2) is 18.2 Å². The maximum atomic E-state index is 12.0. The van der Waals surface area contributed by atoms with E-state index < -0.39 is 0 Å². The summed E-state index contributed by atoms with van der Waals surface area (Å²) in [5.74, 6) is 1.50. The van der Waals surface area contributed by atoms with E-state index in [1.807, 2.05) is 25.1 Å². The van der Waals surface area contributed by atoms with Crippen LogP contribution in [0, 0.1) is 0 Å². The maximum Gasteiger partial charge on any atom is 0.231 e. The van der Waals surface area contributed by atoms with Gasteiger partial charge in [-0.05, 0) is 43.9 Å². The van der Waals surface area contributed by atoms with Gasteiger partial charge in [-0.25, -0.2) is 0 Å². The van der Waals surface area contributed by atoms with Crippen molar-refractivity contribution in [2.75, 3.05) is 6.79 Å². The van der Waals surface area contributed by atoms with E-state index >= 15 is 0 Å². The predicted octanol–water partition coefficient (Wildman–Crippen LogP) is 1.86. The summed E-state index contributed by atoms with van der Waals surface area (Å²) in [6.45, 7) is 2.22. The monoisotopic (exact) mass is 276 g/mol. The quantitative estimate of drug-likeness (QED) is 0.880. The fraction of sp³-hybridized carbons (Fsp3) is 0.533. The Morgan fingerprint density at radius 2 is 2.15 bits per heavy atom. The fourth-order valence-corrected chi connectivity index (χ4v) is 2.69. The minimum atomic E-state index is -0.279. The van der Waals surface area contributed by atoms with Crippen LogP contribution >= 0.6 is 0 Å². The number of hydrogen-bond acceptors (Lipinski definition) is 4. The molecule has 1 aromatic rings. The Bertz CT molecular complexity index is 526. The third kappa shape index (κ3) is 2.58. The van der Waals surface area contributed by atoms with Gasteiger partial charge >= 0.3 is 0 Å². The lowest BCUT2D eigenvalue weighted by molar-refractivity contribution is -0.123. The molecule has 108 valence electrons. The van der Waals surface area contributed by atoms with E-state index in [4.69, 9.17) is 15.2 Å². The highest BCUT2D eigenvalue weighted by atomic mass is 16.7. The minimum Gasteiger partial charge on any atom is -0.454 e. The Morgan fingerprint density at radius 3 is 2.85 bits per heavy atom. The van der Waals surface area contributed by atoms with Crippen LogP contribution in [-0.2, 0) is 4.79 Å². The van der Waals surface area contributed by atoms with Crippen LogP contribution in [0.2, 0.25) is 0 Å². The molecule has 1 aliphatic carbocycles. The molecule has 3 N–H and O–H groups in total. The van der Waals surface area contributed by atoms with E-state index in [1.54, 1.807) is 0 Å². The number of nitrogens with two attached hydrogens (primary N) is 1. The molecule has 5 heteroatoms. The number of nitrogens with one attached hydrogen (secondary N) is 1. The topological polar surface area (TPSA) is 73.6 Å². The molecule has 1 unspecified atom stereocenters. The second-order valence-electron chi connectivity index (χ2n) is 5.79. The first kappa shape index (κ1) is 13.2. The van der Waals surface area contributed by atoms with Gasteiger partial charge in [0.2, 0.25) is 12.7 Å². The Morgan fingerprint density at radius 1 is 1.40 bits per heavy atom. The number of carbonyl (C=O) groups excluding carboxylic acids is 1. The zero-order valence-electron chi connectivity index (χ0n) is 11.6. The van der Waals surface area contributed by atoms with Crippen LogP contribution in [0.25, 0.3) is 0 Å². The molecular formula is C15H20N2O3. The fourth-order valence-electron chi connectivity index (χ4n) is 2.69. The van der Waals surface area contributed by atoms with Crippen molar-refractivity contribution in [2.24, 2.45) is 5.73 Å². The van der Waals surface area contributed by atoms with E-state index in [1.165, 1.54) is 0 Å². The summed E-state index contributed by atoms with van der Waals surface area (Å²) in [4.78, 5) is 12.0. The molecule has 5 nitrogen and oxygen atoms in total. The molecule has 0 radical (unpaired) electrons. The van der Waals surface area contributed by atoms with Gasteiger partial charge in [0.1, 0.15) is 0 Å². The summed E-state index contributed by atoms with van der Waals surface area (Å²) < 4.78 is 10.6. The van der Waals surface area contributed by atoms with Gasteiger partial charge in [0, 0.05) is 12.0 Å². The first-order valence-corrected chi connectivity index (χ1v) is 7.04. The van der Waals surface area contributed by atoms with Crippen LogP contribution in [0.1, 0.15) is 44.2 Å². The molecule has 3 rings (SSSR count). The van der Waals surface area contributed by atoms with Crippen molar-refractivity contribution in [1.82, 2.24) is 5.32 Å². The third-order valence-electron chi connectivity index (χ3n) is 4.14. The molecule has 1 amide bonds. The average Bonchev–Trinajstić information content (AvgIpc) is 2.83. The molecule has 1 atom stereocenters. The summed E-state index contributed by atoms with van der Waals surface area (Å²) in [5, 5.41) is 3.00. The molecule has 0 saturated heterocycles. The van der Waals surface area contributed by atoms with Crippen molar-refractivity contribution >= 4 is 5.91 Å². The Balaban J connectivity index is 1.61. The SMILES string of the molecule is CC(NC(=O)CC1(N)CCC1)c1ccc2c(c1)OCO2. The van der Waals surface area contributed by atoms with E-state index in [0.29, 0.717) is 6.42 Å². The second-order valence-corrected chi connectivity index (χ2v) is 5.79. The van der Waals surface area contributed by atoms with Crippen LogP contribution < -0.4 is 20.5 Å². The van der Waals surface area contributed by atoms with Gasteiger partial charge in [-0.3, -0.25) is 4.79 Å². The molecular weight excluding hydrogens is 256 g/mol. The first-order chi connectivity index (χ1) is 9.56. The maximum absolute atomic E-state index is 12.0. The van der Waals surface area contributed by atoms with Crippen molar-refractivity contribution in [1.29, 1.82) is 0 Å². The Hall–Kier alpha value is -1.75. The first-order valence-electron chi connectivity index (χ1n) is 7.04. The van der Waals surface area contributed by atoms with Crippen LogP contribution in [0.3, 0.4) is 0 Å². The average molecular weight is 276 g/mol. The normalized spacial score (nSPS) is 20.1. The summed E-state index contributed by atoms with van der Waals surface area (Å²) in [6, 6.07) is 5.66. The molecule has 1 heterocycles. The molecule has 0 bridgehead atoms. The van der Waals surface area contributed by atoms with Crippen molar-refractivity contribution in [3.63, 3.8) is 0 Å². The van der Waals surface area contributed by atoms with Gasteiger partial charge < -0.3 is 20.5 Å². The molecule has 20 heavy (non-hydrogen) atoms. The van der Waals surface area contributed by atoms with Crippen LogP contribution in [0.15, 0.2) is 18.2 Å². The lowest BCUT2D eigenvalue weighted by Crippen LogP contribution is -2.50. The highest BCUT2D eigenvalue weighted by molar-refractivity contribution is 5.77. The van der Waals surface area contributed by atoms with Crippen LogP contribution in [0.4, 0.5) is 0 Å². The third-order valence-corrected chi connectivity index (χ3v) is 4.14. The van der Waals surface area contributed by atoms with Gasteiger partial charge in [-0.1, -0.05) is 6.07 Å². The largest absolute Gasteiger partial charge is 0.454 e. The van der Waals surface area contributed by atoms with Crippen LogP contribution in [0.5, 0.6) is 11.5 Å². The summed E-state index contributed by atoms with van der Waals surface area (Å²) >= 11 is 0. The van der Waals surface area contributed by atoms with E-state index in [0.717, 1.165) is 36.3 Å². The molecule has 1 aromatic carbocycles. The molecule has 1 aliphatic heterocycles. The number of benzene rings is 1.